The van der Waals surface area contributed by atoms with Crippen molar-refractivity contribution in [3.63, 3.8) is 0 Å². The first kappa shape index (κ1) is 14.4. The summed E-state index contributed by atoms with van der Waals surface area (Å²) in [4.78, 5) is 8.54. The molecule has 1 aromatic heterocycles. The standard InChI is InChI=1S/C14H22ClN3O/c1-2-6-19-14-10-16-9-13(18-14)17-8-12-5-3-4-11(12)7-15/h9-12H,2-8H2,1H3,(H,17,18). The zero-order valence-electron chi connectivity index (χ0n) is 11.4. The minimum Gasteiger partial charge on any atom is -0.477 e. The number of hydrogen-bond acceptors (Lipinski definition) is 4. The molecule has 1 aliphatic carbocycles. The molecule has 2 atom stereocenters. The number of alkyl halides is 1. The first-order valence-corrected chi connectivity index (χ1v) is 7.61. The summed E-state index contributed by atoms with van der Waals surface area (Å²) in [6.45, 7) is 3.67. The van der Waals surface area contributed by atoms with Gasteiger partial charge in [-0.2, -0.15) is 4.98 Å². The number of anilines is 1. The predicted molar refractivity (Wildman–Crippen MR) is 77.9 cm³/mol. The summed E-state index contributed by atoms with van der Waals surface area (Å²) in [6.07, 6.45) is 8.15. The first-order chi connectivity index (χ1) is 9.33. The molecule has 0 bridgehead atoms. The van der Waals surface area contributed by atoms with Gasteiger partial charge in [0.15, 0.2) is 0 Å². The van der Waals surface area contributed by atoms with E-state index in [9.17, 15) is 0 Å². The summed E-state index contributed by atoms with van der Waals surface area (Å²) < 4.78 is 5.48. The van der Waals surface area contributed by atoms with Crippen molar-refractivity contribution in [2.45, 2.75) is 32.6 Å². The molecule has 19 heavy (non-hydrogen) atoms. The monoisotopic (exact) mass is 283 g/mol. The summed E-state index contributed by atoms with van der Waals surface area (Å²) in [5, 5.41) is 3.36. The van der Waals surface area contributed by atoms with Gasteiger partial charge >= 0.3 is 0 Å². The molecule has 0 radical (unpaired) electrons. The van der Waals surface area contributed by atoms with Crippen molar-refractivity contribution in [1.29, 1.82) is 0 Å². The molecule has 5 heteroatoms. The number of halogens is 1. The molecule has 0 aromatic carbocycles. The van der Waals surface area contributed by atoms with E-state index in [1.165, 1.54) is 19.3 Å². The van der Waals surface area contributed by atoms with Crippen LogP contribution in [0, 0.1) is 11.8 Å². The molecule has 4 nitrogen and oxygen atoms in total. The molecular formula is C14H22ClN3O. The van der Waals surface area contributed by atoms with E-state index in [0.29, 0.717) is 24.3 Å². The van der Waals surface area contributed by atoms with Crippen LogP contribution >= 0.6 is 11.6 Å². The Morgan fingerprint density at radius 3 is 3.00 bits per heavy atom. The van der Waals surface area contributed by atoms with Gasteiger partial charge in [-0.25, -0.2) is 0 Å². The van der Waals surface area contributed by atoms with Gasteiger partial charge in [-0.05, 0) is 31.1 Å². The lowest BCUT2D eigenvalue weighted by Crippen LogP contribution is -2.20. The van der Waals surface area contributed by atoms with Gasteiger partial charge in [-0.15, -0.1) is 11.6 Å². The van der Waals surface area contributed by atoms with Gasteiger partial charge in [0.1, 0.15) is 5.82 Å². The molecule has 2 unspecified atom stereocenters. The second-order valence-corrected chi connectivity index (χ2v) is 5.39. The SMILES string of the molecule is CCCOc1cncc(NCC2CCCC2CCl)n1. The molecule has 0 amide bonds. The fraction of sp³-hybridized carbons (Fsp3) is 0.714. The van der Waals surface area contributed by atoms with Crippen molar-refractivity contribution in [3.05, 3.63) is 12.4 Å². The maximum Gasteiger partial charge on any atom is 0.234 e. The van der Waals surface area contributed by atoms with Crippen LogP contribution in [0.3, 0.4) is 0 Å². The Hall–Kier alpha value is -1.03. The van der Waals surface area contributed by atoms with Gasteiger partial charge in [0.2, 0.25) is 5.88 Å². The fourth-order valence-electron chi connectivity index (χ4n) is 2.53. The highest BCUT2D eigenvalue weighted by Gasteiger charge is 2.26. The van der Waals surface area contributed by atoms with E-state index in [0.717, 1.165) is 24.7 Å². The number of ether oxygens (including phenoxy) is 1. The first-order valence-electron chi connectivity index (χ1n) is 7.08. The van der Waals surface area contributed by atoms with E-state index in [2.05, 4.69) is 22.2 Å². The predicted octanol–water partition coefficient (Wildman–Crippen LogP) is 3.33. The van der Waals surface area contributed by atoms with Crippen molar-refractivity contribution in [2.75, 3.05) is 24.3 Å². The van der Waals surface area contributed by atoms with Gasteiger partial charge in [0, 0.05) is 12.4 Å². The lowest BCUT2D eigenvalue weighted by atomic mass is 9.98. The van der Waals surface area contributed by atoms with E-state index in [1.54, 1.807) is 12.4 Å². The Morgan fingerprint density at radius 2 is 2.21 bits per heavy atom. The molecule has 1 fully saturated rings. The zero-order chi connectivity index (χ0) is 13.5. The Morgan fingerprint density at radius 1 is 1.37 bits per heavy atom. The highest BCUT2D eigenvalue weighted by atomic mass is 35.5. The lowest BCUT2D eigenvalue weighted by molar-refractivity contribution is 0.304. The molecule has 0 spiro atoms. The molecule has 1 aliphatic rings. The molecule has 1 saturated carbocycles. The van der Waals surface area contributed by atoms with Crippen LogP contribution in [0.4, 0.5) is 5.82 Å². The van der Waals surface area contributed by atoms with Crippen LogP contribution in [-0.2, 0) is 0 Å². The van der Waals surface area contributed by atoms with E-state index in [4.69, 9.17) is 16.3 Å². The summed E-state index contributed by atoms with van der Waals surface area (Å²) in [5.74, 6) is 3.43. The van der Waals surface area contributed by atoms with Crippen LogP contribution in [0.5, 0.6) is 5.88 Å². The van der Waals surface area contributed by atoms with Gasteiger partial charge in [-0.1, -0.05) is 13.3 Å². The summed E-state index contributed by atoms with van der Waals surface area (Å²) >= 11 is 5.99. The summed E-state index contributed by atoms with van der Waals surface area (Å²) in [7, 11) is 0. The van der Waals surface area contributed by atoms with Crippen LogP contribution in [0.2, 0.25) is 0 Å². The third-order valence-electron chi connectivity index (χ3n) is 3.63. The molecule has 1 aromatic rings. The normalized spacial score (nSPS) is 22.4. The number of hydrogen-bond donors (Lipinski definition) is 1. The highest BCUT2D eigenvalue weighted by Crippen LogP contribution is 2.32. The summed E-state index contributed by atoms with van der Waals surface area (Å²) in [5.41, 5.74) is 0. The highest BCUT2D eigenvalue weighted by molar-refractivity contribution is 6.18. The molecule has 1 heterocycles. The van der Waals surface area contributed by atoms with E-state index >= 15 is 0 Å². The summed E-state index contributed by atoms with van der Waals surface area (Å²) in [6, 6.07) is 0. The van der Waals surface area contributed by atoms with E-state index < -0.39 is 0 Å². The smallest absolute Gasteiger partial charge is 0.234 e. The largest absolute Gasteiger partial charge is 0.477 e. The van der Waals surface area contributed by atoms with Crippen LogP contribution < -0.4 is 10.1 Å². The van der Waals surface area contributed by atoms with Crippen LogP contribution in [0.15, 0.2) is 12.4 Å². The fourth-order valence-corrected chi connectivity index (χ4v) is 2.94. The Bertz CT molecular complexity index is 389. The molecular weight excluding hydrogens is 262 g/mol. The van der Waals surface area contributed by atoms with Crippen LogP contribution in [0.25, 0.3) is 0 Å². The average Bonchev–Trinajstić information content (AvgIpc) is 2.91. The number of rotatable bonds is 7. The molecule has 2 rings (SSSR count). The maximum atomic E-state index is 5.99. The second-order valence-electron chi connectivity index (χ2n) is 5.08. The quantitative estimate of drug-likeness (QED) is 0.780. The van der Waals surface area contributed by atoms with E-state index in [1.807, 2.05) is 0 Å². The van der Waals surface area contributed by atoms with Crippen molar-refractivity contribution in [3.8, 4) is 5.88 Å². The lowest BCUT2D eigenvalue weighted by Gasteiger charge is -2.17. The van der Waals surface area contributed by atoms with Crippen molar-refractivity contribution >= 4 is 17.4 Å². The van der Waals surface area contributed by atoms with Crippen LogP contribution in [-0.4, -0.2) is 29.0 Å². The average molecular weight is 284 g/mol. The van der Waals surface area contributed by atoms with Gasteiger partial charge in [-0.3, -0.25) is 4.98 Å². The van der Waals surface area contributed by atoms with Gasteiger partial charge in [0.25, 0.3) is 0 Å². The topological polar surface area (TPSA) is 47.0 Å². The number of aromatic nitrogens is 2. The minimum atomic E-state index is 0.590. The number of nitrogens with zero attached hydrogens (tertiary/aromatic N) is 2. The number of nitrogens with one attached hydrogen (secondary N) is 1. The van der Waals surface area contributed by atoms with Gasteiger partial charge in [0.05, 0.1) is 19.0 Å². The second kappa shape index (κ2) is 7.53. The Labute approximate surface area is 119 Å². The molecule has 106 valence electrons. The zero-order valence-corrected chi connectivity index (χ0v) is 12.2. The van der Waals surface area contributed by atoms with Crippen molar-refractivity contribution in [1.82, 2.24) is 9.97 Å². The molecule has 0 aliphatic heterocycles. The third-order valence-corrected chi connectivity index (χ3v) is 4.02. The third kappa shape index (κ3) is 4.23. The van der Waals surface area contributed by atoms with Gasteiger partial charge < -0.3 is 10.1 Å². The van der Waals surface area contributed by atoms with E-state index in [-0.39, 0.29) is 0 Å². The molecule has 0 saturated heterocycles. The molecule has 1 N–H and O–H groups in total. The maximum absolute atomic E-state index is 5.99. The van der Waals surface area contributed by atoms with Crippen molar-refractivity contribution < 1.29 is 4.74 Å². The van der Waals surface area contributed by atoms with Crippen LogP contribution in [0.1, 0.15) is 32.6 Å². The Kier molecular flexibility index (Phi) is 5.70. The minimum absolute atomic E-state index is 0.590. The Balaban J connectivity index is 1.85. The van der Waals surface area contributed by atoms with Crippen molar-refractivity contribution in [2.24, 2.45) is 11.8 Å².